The predicted octanol–water partition coefficient (Wildman–Crippen LogP) is 1.84. The number of rotatable bonds is 6. The molecule has 1 aliphatic rings. The summed E-state index contributed by atoms with van der Waals surface area (Å²) in [5.41, 5.74) is 2.95. The lowest BCUT2D eigenvalue weighted by atomic mass is 10.2. The highest BCUT2D eigenvalue weighted by atomic mass is 32.1. The second kappa shape index (κ2) is 7.80. The van der Waals surface area contributed by atoms with Gasteiger partial charge in [-0.2, -0.15) is 0 Å². The maximum atomic E-state index is 12.2. The van der Waals surface area contributed by atoms with Gasteiger partial charge >= 0.3 is 0 Å². The van der Waals surface area contributed by atoms with Gasteiger partial charge in [0, 0.05) is 24.3 Å². The first kappa shape index (κ1) is 17.6. The van der Waals surface area contributed by atoms with E-state index in [-0.39, 0.29) is 11.8 Å². The highest BCUT2D eigenvalue weighted by Gasteiger charge is 2.21. The fourth-order valence-corrected chi connectivity index (χ4v) is 4.07. The topological polar surface area (TPSA) is 53.9 Å². The van der Waals surface area contributed by atoms with Crippen LogP contribution >= 0.6 is 11.3 Å². The van der Waals surface area contributed by atoms with Crippen molar-refractivity contribution in [2.45, 2.75) is 26.3 Å². The molecule has 0 aliphatic carbocycles. The predicted molar refractivity (Wildman–Crippen MR) is 101 cm³/mol. The van der Waals surface area contributed by atoms with E-state index in [4.69, 9.17) is 0 Å². The Morgan fingerprint density at radius 1 is 1.28 bits per heavy atom. The molecule has 2 amide bonds. The van der Waals surface area contributed by atoms with Crippen molar-refractivity contribution in [3.05, 3.63) is 46.2 Å². The van der Waals surface area contributed by atoms with Crippen molar-refractivity contribution < 1.29 is 14.5 Å². The number of hydrogen-bond acceptors (Lipinski definition) is 3. The van der Waals surface area contributed by atoms with E-state index in [1.165, 1.54) is 10.4 Å². The normalized spacial score (nSPS) is 15.4. The van der Waals surface area contributed by atoms with Crippen LogP contribution in [-0.2, 0) is 16.1 Å². The molecule has 0 saturated carbocycles. The van der Waals surface area contributed by atoms with Crippen LogP contribution in [0.5, 0.6) is 0 Å². The van der Waals surface area contributed by atoms with Gasteiger partial charge < -0.3 is 15.1 Å². The summed E-state index contributed by atoms with van der Waals surface area (Å²) in [6, 6.07) is 9.62. The van der Waals surface area contributed by atoms with E-state index in [1.807, 2.05) is 31.3 Å². The van der Waals surface area contributed by atoms with Crippen LogP contribution < -0.4 is 15.1 Å². The van der Waals surface area contributed by atoms with Crippen LogP contribution in [0.3, 0.4) is 0 Å². The number of likely N-dealkylation sites (N-methyl/N-ethyl adjacent to an activating group) is 1. The highest BCUT2D eigenvalue weighted by Crippen LogP contribution is 2.22. The first-order chi connectivity index (χ1) is 12.0. The van der Waals surface area contributed by atoms with Gasteiger partial charge in [0.25, 0.3) is 5.91 Å². The molecule has 1 atom stereocenters. The van der Waals surface area contributed by atoms with Crippen molar-refractivity contribution >= 4 is 34.5 Å². The van der Waals surface area contributed by atoms with E-state index in [2.05, 4.69) is 23.7 Å². The van der Waals surface area contributed by atoms with Gasteiger partial charge in [-0.1, -0.05) is 0 Å². The third-order valence-corrected chi connectivity index (χ3v) is 5.45. The number of hydrogen-bond donors (Lipinski definition) is 2. The molecule has 2 aromatic rings. The molecule has 6 heteroatoms. The summed E-state index contributed by atoms with van der Waals surface area (Å²) in [5.74, 6) is 0.169. The maximum Gasteiger partial charge on any atom is 0.279 e. The first-order valence-electron chi connectivity index (χ1n) is 8.57. The lowest BCUT2D eigenvalue weighted by Crippen LogP contribution is -3.08. The molecule has 2 N–H and O–H groups in total. The number of anilines is 2. The molecule has 25 heavy (non-hydrogen) atoms. The Morgan fingerprint density at radius 3 is 2.64 bits per heavy atom. The van der Waals surface area contributed by atoms with Crippen molar-refractivity contribution in [3.63, 3.8) is 0 Å². The summed E-state index contributed by atoms with van der Waals surface area (Å²) in [6.45, 7) is 4.16. The number of thiophene rings is 1. The van der Waals surface area contributed by atoms with E-state index < -0.39 is 0 Å². The molecule has 5 nitrogen and oxygen atoms in total. The zero-order valence-electron chi connectivity index (χ0n) is 14.7. The number of nitrogens with zero attached hydrogens (tertiary/aromatic N) is 1. The van der Waals surface area contributed by atoms with Gasteiger partial charge in [0.2, 0.25) is 5.91 Å². The quantitative estimate of drug-likeness (QED) is 0.828. The second-order valence-corrected chi connectivity index (χ2v) is 7.58. The Kier molecular flexibility index (Phi) is 5.50. The van der Waals surface area contributed by atoms with E-state index in [1.54, 1.807) is 16.2 Å². The van der Waals surface area contributed by atoms with Crippen LogP contribution in [0.1, 0.15) is 23.3 Å². The number of carbonyl (C=O) groups is 2. The Hall–Kier alpha value is -2.18. The molecule has 1 aromatic carbocycles. The SMILES string of the molecule is Cc1ccsc1C[NH+](C)CC(=O)Nc1ccc(N2CCCC2=O)cc1. The van der Waals surface area contributed by atoms with Crippen LogP contribution in [0.25, 0.3) is 0 Å². The minimum Gasteiger partial charge on any atom is -0.325 e. The molecule has 1 aliphatic heterocycles. The number of quaternary nitrogens is 1. The Morgan fingerprint density at radius 2 is 2.04 bits per heavy atom. The van der Waals surface area contributed by atoms with Crippen LogP contribution in [0.2, 0.25) is 0 Å². The lowest BCUT2D eigenvalue weighted by Gasteiger charge is -2.16. The number of benzene rings is 1. The van der Waals surface area contributed by atoms with Gasteiger partial charge in [-0.25, -0.2) is 0 Å². The van der Waals surface area contributed by atoms with Crippen LogP contribution in [-0.4, -0.2) is 32.0 Å². The molecule has 1 unspecified atom stereocenters. The van der Waals surface area contributed by atoms with Gasteiger partial charge in [0.15, 0.2) is 6.54 Å². The number of carbonyl (C=O) groups excluding carboxylic acids is 2. The monoisotopic (exact) mass is 358 g/mol. The van der Waals surface area contributed by atoms with Gasteiger partial charge in [-0.05, 0) is 54.6 Å². The fourth-order valence-electron chi connectivity index (χ4n) is 3.05. The smallest absolute Gasteiger partial charge is 0.279 e. The van der Waals surface area contributed by atoms with E-state index >= 15 is 0 Å². The Labute approximate surface area is 152 Å². The standard InChI is InChI=1S/C19H23N3O2S/c1-14-9-11-25-17(14)12-21(2)13-18(23)20-15-5-7-16(8-6-15)22-10-3-4-19(22)24/h5-9,11H,3-4,10,12-13H2,1-2H3,(H,20,23)/p+1. The van der Waals surface area contributed by atoms with E-state index in [9.17, 15) is 9.59 Å². The van der Waals surface area contributed by atoms with Gasteiger partial charge in [-0.15, -0.1) is 11.3 Å². The molecule has 0 spiro atoms. The van der Waals surface area contributed by atoms with Crippen molar-refractivity contribution in [1.29, 1.82) is 0 Å². The van der Waals surface area contributed by atoms with E-state index in [0.29, 0.717) is 13.0 Å². The van der Waals surface area contributed by atoms with Crippen LogP contribution in [0.15, 0.2) is 35.7 Å². The summed E-state index contributed by atoms with van der Waals surface area (Å²) in [6.07, 6.45) is 1.54. The Balaban J connectivity index is 1.52. The molecular formula is C19H24N3O2S+. The third-order valence-electron chi connectivity index (χ3n) is 4.43. The minimum atomic E-state index is -0.00305. The second-order valence-electron chi connectivity index (χ2n) is 6.58. The zero-order chi connectivity index (χ0) is 17.8. The summed E-state index contributed by atoms with van der Waals surface area (Å²) in [4.78, 5) is 28.3. The van der Waals surface area contributed by atoms with Gasteiger partial charge in [0.05, 0.1) is 11.9 Å². The average Bonchev–Trinajstić information content (AvgIpc) is 3.17. The molecule has 1 saturated heterocycles. The summed E-state index contributed by atoms with van der Waals surface area (Å²) < 4.78 is 0. The van der Waals surface area contributed by atoms with Crippen molar-refractivity contribution in [2.24, 2.45) is 0 Å². The van der Waals surface area contributed by atoms with Crippen molar-refractivity contribution in [3.8, 4) is 0 Å². The molecule has 0 radical (unpaired) electrons. The third kappa shape index (κ3) is 4.46. The number of aryl methyl sites for hydroxylation is 1. The van der Waals surface area contributed by atoms with Gasteiger partial charge in [0.1, 0.15) is 6.54 Å². The van der Waals surface area contributed by atoms with Crippen LogP contribution in [0, 0.1) is 6.92 Å². The molecule has 0 bridgehead atoms. The molecule has 2 heterocycles. The number of amides is 2. The zero-order valence-corrected chi connectivity index (χ0v) is 15.5. The maximum absolute atomic E-state index is 12.2. The molecule has 1 aromatic heterocycles. The number of nitrogens with one attached hydrogen (secondary N) is 2. The average molecular weight is 358 g/mol. The van der Waals surface area contributed by atoms with E-state index in [0.717, 1.165) is 35.8 Å². The largest absolute Gasteiger partial charge is 0.325 e. The lowest BCUT2D eigenvalue weighted by molar-refractivity contribution is -0.884. The summed E-state index contributed by atoms with van der Waals surface area (Å²) in [5, 5.41) is 5.02. The summed E-state index contributed by atoms with van der Waals surface area (Å²) in [7, 11) is 2.03. The minimum absolute atomic E-state index is 0.00305. The Bertz CT molecular complexity index is 754. The van der Waals surface area contributed by atoms with Crippen molar-refractivity contribution in [2.75, 3.05) is 30.4 Å². The molecule has 132 valence electrons. The fraction of sp³-hybridized carbons (Fsp3) is 0.368. The van der Waals surface area contributed by atoms with Crippen molar-refractivity contribution in [1.82, 2.24) is 0 Å². The molecule has 3 rings (SSSR count). The highest BCUT2D eigenvalue weighted by molar-refractivity contribution is 7.10. The summed E-state index contributed by atoms with van der Waals surface area (Å²) >= 11 is 1.74. The first-order valence-corrected chi connectivity index (χ1v) is 9.45. The molecular weight excluding hydrogens is 334 g/mol. The van der Waals surface area contributed by atoms with Crippen LogP contribution in [0.4, 0.5) is 11.4 Å². The van der Waals surface area contributed by atoms with Gasteiger partial charge in [-0.3, -0.25) is 9.59 Å². The molecule has 1 fully saturated rings.